The Morgan fingerprint density at radius 3 is 2.88 bits per heavy atom. The molecule has 0 aliphatic rings. The number of rotatable bonds is 6. The maximum Gasteiger partial charge on any atom is 0.354 e. The van der Waals surface area contributed by atoms with E-state index in [4.69, 9.17) is 5.11 Å². The molecule has 1 aromatic rings. The number of hydrogen-bond donors (Lipinski definition) is 2. The highest BCUT2D eigenvalue weighted by molar-refractivity contribution is 5.85. The van der Waals surface area contributed by atoms with E-state index < -0.39 is 5.97 Å². The normalized spacial score (nSPS) is 9.94. The van der Waals surface area contributed by atoms with E-state index in [0.29, 0.717) is 18.8 Å². The van der Waals surface area contributed by atoms with Gasteiger partial charge in [0.25, 0.3) is 0 Å². The first-order valence-corrected chi connectivity index (χ1v) is 5.10. The summed E-state index contributed by atoms with van der Waals surface area (Å²) in [6.45, 7) is 0.879. The third-order valence-electron chi connectivity index (χ3n) is 2.07. The molecule has 17 heavy (non-hydrogen) atoms. The fourth-order valence-electron chi connectivity index (χ4n) is 1.21. The quantitative estimate of drug-likeness (QED) is 0.552. The van der Waals surface area contributed by atoms with Crippen molar-refractivity contribution in [3.63, 3.8) is 0 Å². The number of ether oxygens (including phenoxy) is 1. The van der Waals surface area contributed by atoms with Crippen LogP contribution < -0.4 is 5.32 Å². The number of nitrogens with one attached hydrogen (secondary N) is 1. The molecule has 6 nitrogen and oxygen atoms in total. The van der Waals surface area contributed by atoms with Gasteiger partial charge >= 0.3 is 11.9 Å². The summed E-state index contributed by atoms with van der Waals surface area (Å²) < 4.78 is 4.48. The van der Waals surface area contributed by atoms with Crippen molar-refractivity contribution in [2.45, 2.75) is 13.0 Å². The Morgan fingerprint density at radius 2 is 2.24 bits per heavy atom. The Labute approximate surface area is 98.6 Å². The fourth-order valence-corrected chi connectivity index (χ4v) is 1.21. The molecular formula is C11H14N2O4. The van der Waals surface area contributed by atoms with E-state index in [9.17, 15) is 9.59 Å². The predicted molar refractivity (Wildman–Crippen MR) is 59.5 cm³/mol. The van der Waals surface area contributed by atoms with Crippen LogP contribution in [0.15, 0.2) is 18.2 Å². The van der Waals surface area contributed by atoms with Gasteiger partial charge in [-0.2, -0.15) is 0 Å². The number of carbonyl (C=O) groups is 2. The van der Waals surface area contributed by atoms with Crippen LogP contribution in [0.1, 0.15) is 22.6 Å². The minimum absolute atomic E-state index is 0.0114. The number of carboxylic acid groups (broad SMARTS) is 1. The first-order chi connectivity index (χ1) is 8.13. The summed E-state index contributed by atoms with van der Waals surface area (Å²) in [6, 6.07) is 4.78. The van der Waals surface area contributed by atoms with Crippen LogP contribution in [0.4, 0.5) is 0 Å². The van der Waals surface area contributed by atoms with Crippen molar-refractivity contribution in [1.29, 1.82) is 0 Å². The molecule has 0 saturated heterocycles. The van der Waals surface area contributed by atoms with Gasteiger partial charge in [-0.05, 0) is 12.1 Å². The summed E-state index contributed by atoms with van der Waals surface area (Å²) in [5, 5.41) is 11.7. The number of aromatic nitrogens is 1. The van der Waals surface area contributed by atoms with Crippen molar-refractivity contribution in [1.82, 2.24) is 10.3 Å². The van der Waals surface area contributed by atoms with Crippen LogP contribution >= 0.6 is 0 Å². The number of nitrogens with zero attached hydrogens (tertiary/aromatic N) is 1. The minimum Gasteiger partial charge on any atom is -0.477 e. The average Bonchev–Trinajstić information content (AvgIpc) is 2.34. The molecule has 2 N–H and O–H groups in total. The van der Waals surface area contributed by atoms with Gasteiger partial charge in [0, 0.05) is 13.1 Å². The summed E-state index contributed by atoms with van der Waals surface area (Å²) >= 11 is 0. The molecule has 1 aromatic heterocycles. The Hall–Kier alpha value is -1.95. The molecule has 0 atom stereocenters. The standard InChI is InChI=1S/C11H14N2O4/c1-17-10(14)5-6-12-7-8-3-2-4-9(13-8)11(15)16/h2-4,12H,5-7H2,1H3,(H,15,16). The largest absolute Gasteiger partial charge is 0.477 e. The molecule has 0 aliphatic heterocycles. The third kappa shape index (κ3) is 4.60. The molecule has 0 unspecified atom stereocenters. The van der Waals surface area contributed by atoms with Gasteiger partial charge in [-0.25, -0.2) is 9.78 Å². The zero-order valence-electron chi connectivity index (χ0n) is 9.47. The SMILES string of the molecule is COC(=O)CCNCc1cccc(C(=O)O)n1. The number of pyridine rings is 1. The van der Waals surface area contributed by atoms with Gasteiger partial charge in [0.15, 0.2) is 0 Å². The number of esters is 1. The van der Waals surface area contributed by atoms with Crippen LogP contribution in [0, 0.1) is 0 Å². The van der Waals surface area contributed by atoms with E-state index in [1.54, 1.807) is 12.1 Å². The van der Waals surface area contributed by atoms with Gasteiger partial charge in [0.1, 0.15) is 5.69 Å². The monoisotopic (exact) mass is 238 g/mol. The van der Waals surface area contributed by atoms with Crippen molar-refractivity contribution in [2.75, 3.05) is 13.7 Å². The zero-order chi connectivity index (χ0) is 12.7. The van der Waals surface area contributed by atoms with E-state index >= 15 is 0 Å². The van der Waals surface area contributed by atoms with Gasteiger partial charge in [-0.3, -0.25) is 4.79 Å². The van der Waals surface area contributed by atoms with Gasteiger partial charge in [0.05, 0.1) is 19.2 Å². The Kier molecular flexibility index (Phi) is 5.09. The molecular weight excluding hydrogens is 224 g/mol. The minimum atomic E-state index is -1.05. The molecule has 0 aliphatic carbocycles. The number of hydrogen-bond acceptors (Lipinski definition) is 5. The van der Waals surface area contributed by atoms with Crippen molar-refractivity contribution in [3.05, 3.63) is 29.6 Å². The van der Waals surface area contributed by atoms with Crippen molar-refractivity contribution >= 4 is 11.9 Å². The summed E-state index contributed by atoms with van der Waals surface area (Å²) in [4.78, 5) is 25.4. The molecule has 0 amide bonds. The van der Waals surface area contributed by atoms with Gasteiger partial charge in [-0.1, -0.05) is 6.07 Å². The lowest BCUT2D eigenvalue weighted by Crippen LogP contribution is -2.19. The maximum atomic E-state index is 10.8. The summed E-state index contributed by atoms with van der Waals surface area (Å²) in [5.41, 5.74) is 0.632. The first kappa shape index (κ1) is 13.1. The lowest BCUT2D eigenvalue weighted by Gasteiger charge is -2.04. The van der Waals surface area contributed by atoms with Crippen molar-refractivity contribution in [2.24, 2.45) is 0 Å². The number of methoxy groups -OCH3 is 1. The van der Waals surface area contributed by atoms with Gasteiger partial charge < -0.3 is 15.2 Å². The second-order valence-electron chi connectivity index (χ2n) is 3.32. The van der Waals surface area contributed by atoms with E-state index in [2.05, 4.69) is 15.0 Å². The summed E-state index contributed by atoms with van der Waals surface area (Å²) in [5.74, 6) is -1.34. The smallest absolute Gasteiger partial charge is 0.354 e. The predicted octanol–water partition coefficient (Wildman–Crippen LogP) is 0.432. The molecule has 0 saturated carbocycles. The highest BCUT2D eigenvalue weighted by Crippen LogP contribution is 1.99. The van der Waals surface area contributed by atoms with Crippen LogP contribution in [0.25, 0.3) is 0 Å². The average molecular weight is 238 g/mol. The molecule has 0 fully saturated rings. The number of carboxylic acids is 1. The molecule has 1 rings (SSSR count). The van der Waals surface area contributed by atoms with E-state index in [1.165, 1.54) is 13.2 Å². The van der Waals surface area contributed by atoms with Crippen LogP contribution in [0.3, 0.4) is 0 Å². The van der Waals surface area contributed by atoms with Crippen LogP contribution in [-0.2, 0) is 16.1 Å². The molecule has 0 aromatic carbocycles. The highest BCUT2D eigenvalue weighted by Gasteiger charge is 2.05. The topological polar surface area (TPSA) is 88.5 Å². The third-order valence-corrected chi connectivity index (χ3v) is 2.07. The van der Waals surface area contributed by atoms with Crippen LogP contribution in [0.5, 0.6) is 0 Å². The summed E-state index contributed by atoms with van der Waals surface area (Å²) in [7, 11) is 1.33. The lowest BCUT2D eigenvalue weighted by molar-refractivity contribution is -0.140. The molecule has 92 valence electrons. The number of aromatic carboxylic acids is 1. The Balaban J connectivity index is 2.39. The van der Waals surface area contributed by atoms with Crippen LogP contribution in [0.2, 0.25) is 0 Å². The first-order valence-electron chi connectivity index (χ1n) is 5.10. The summed E-state index contributed by atoms with van der Waals surface area (Å²) in [6.07, 6.45) is 0.273. The molecule has 1 heterocycles. The molecule has 0 spiro atoms. The van der Waals surface area contributed by atoms with Gasteiger partial charge in [0.2, 0.25) is 0 Å². The van der Waals surface area contributed by atoms with Crippen LogP contribution in [-0.4, -0.2) is 35.7 Å². The Bertz CT molecular complexity index is 406. The second kappa shape index (κ2) is 6.59. The molecule has 0 bridgehead atoms. The van der Waals surface area contributed by atoms with Crippen molar-refractivity contribution in [3.8, 4) is 0 Å². The van der Waals surface area contributed by atoms with E-state index in [-0.39, 0.29) is 18.1 Å². The second-order valence-corrected chi connectivity index (χ2v) is 3.32. The Morgan fingerprint density at radius 1 is 1.47 bits per heavy atom. The van der Waals surface area contributed by atoms with E-state index in [1.807, 2.05) is 0 Å². The molecule has 6 heteroatoms. The number of carbonyl (C=O) groups excluding carboxylic acids is 1. The van der Waals surface area contributed by atoms with Gasteiger partial charge in [-0.15, -0.1) is 0 Å². The highest BCUT2D eigenvalue weighted by atomic mass is 16.5. The lowest BCUT2D eigenvalue weighted by atomic mass is 10.3. The molecule has 0 radical (unpaired) electrons. The zero-order valence-corrected chi connectivity index (χ0v) is 9.47. The van der Waals surface area contributed by atoms with E-state index in [0.717, 1.165) is 0 Å². The fraction of sp³-hybridized carbons (Fsp3) is 0.364. The maximum absolute atomic E-state index is 10.8. The van der Waals surface area contributed by atoms with Crippen molar-refractivity contribution < 1.29 is 19.4 Å².